The average molecular weight is 566 g/mol. The predicted molar refractivity (Wildman–Crippen MR) is 156 cm³/mol. The van der Waals surface area contributed by atoms with E-state index in [0.29, 0.717) is 28.6 Å². The number of sulfonamides is 1. The van der Waals surface area contributed by atoms with Crippen molar-refractivity contribution in [2.45, 2.75) is 71.0 Å². The molecule has 1 aliphatic heterocycles. The van der Waals surface area contributed by atoms with Crippen LogP contribution in [0.5, 0.6) is 0 Å². The fourth-order valence-corrected chi connectivity index (χ4v) is 6.74. The Kier molecular flexibility index (Phi) is 8.67. The Balaban J connectivity index is 1.55. The van der Waals surface area contributed by atoms with Crippen LogP contribution in [0.4, 0.5) is 0 Å². The van der Waals surface area contributed by atoms with Crippen molar-refractivity contribution in [3.05, 3.63) is 73.8 Å². The number of hydrogen-bond acceptors (Lipinski definition) is 7. The second-order valence-electron chi connectivity index (χ2n) is 10.2. The smallest absolute Gasteiger partial charge is 0.322 e. The third-order valence-corrected chi connectivity index (χ3v) is 9.35. The van der Waals surface area contributed by atoms with Gasteiger partial charge in [0.15, 0.2) is 0 Å². The first-order chi connectivity index (χ1) is 18.9. The summed E-state index contributed by atoms with van der Waals surface area (Å²) < 4.78 is 29.1. The van der Waals surface area contributed by atoms with Crippen LogP contribution in [0, 0.1) is 34.6 Å². The zero-order chi connectivity index (χ0) is 29.2. The highest BCUT2D eigenvalue weighted by Crippen LogP contribution is 2.29. The van der Waals surface area contributed by atoms with Crippen LogP contribution in [-0.4, -0.2) is 54.4 Å². The van der Waals surface area contributed by atoms with Gasteiger partial charge in [-0.15, -0.1) is 0 Å². The van der Waals surface area contributed by atoms with Crippen molar-refractivity contribution in [2.75, 3.05) is 6.54 Å². The molecule has 0 saturated carbocycles. The minimum absolute atomic E-state index is 0.0712. The van der Waals surface area contributed by atoms with Gasteiger partial charge in [0.25, 0.3) is 5.56 Å². The minimum Gasteiger partial charge on any atom is -0.480 e. The topological polar surface area (TPSA) is 154 Å². The SMILES string of the molecule is Cc1c(C)c(C)c(S(=O)(=O)N[C@@H](Cc2nc3ccc(/C=C/CNC4CCC=N4)cc3c(=O)[nH]2)C(=O)O)c(C)c1C. The lowest BCUT2D eigenvalue weighted by Gasteiger charge is -2.21. The Morgan fingerprint density at radius 2 is 1.80 bits per heavy atom. The van der Waals surface area contributed by atoms with Crippen molar-refractivity contribution in [3.8, 4) is 0 Å². The molecule has 3 aromatic rings. The van der Waals surface area contributed by atoms with E-state index in [0.717, 1.165) is 35.1 Å². The molecule has 0 spiro atoms. The van der Waals surface area contributed by atoms with Gasteiger partial charge < -0.3 is 10.1 Å². The molecule has 2 heterocycles. The Morgan fingerprint density at radius 1 is 1.12 bits per heavy atom. The van der Waals surface area contributed by atoms with E-state index in [1.807, 2.05) is 45.2 Å². The van der Waals surface area contributed by atoms with Gasteiger partial charge in [0, 0.05) is 19.2 Å². The zero-order valence-electron chi connectivity index (χ0n) is 23.3. The summed E-state index contributed by atoms with van der Waals surface area (Å²) >= 11 is 0. The number of fused-ring (bicyclic) bond motifs is 1. The third kappa shape index (κ3) is 6.22. The molecule has 10 nitrogen and oxygen atoms in total. The van der Waals surface area contributed by atoms with E-state index < -0.39 is 27.6 Å². The van der Waals surface area contributed by atoms with E-state index in [2.05, 4.69) is 25.0 Å². The highest BCUT2D eigenvalue weighted by molar-refractivity contribution is 7.89. The van der Waals surface area contributed by atoms with Gasteiger partial charge in [-0.1, -0.05) is 18.2 Å². The molecule has 4 N–H and O–H groups in total. The van der Waals surface area contributed by atoms with Crippen molar-refractivity contribution in [1.82, 2.24) is 20.0 Å². The Bertz CT molecular complexity index is 1660. The molecule has 1 aliphatic rings. The molecule has 0 amide bonds. The Labute approximate surface area is 233 Å². The number of rotatable bonds is 10. The molecule has 0 bridgehead atoms. The molecular weight excluding hydrogens is 530 g/mol. The fraction of sp³-hybridized carbons (Fsp3) is 0.379. The maximum absolute atomic E-state index is 13.4. The van der Waals surface area contributed by atoms with Gasteiger partial charge in [0.05, 0.1) is 22.0 Å². The summed E-state index contributed by atoms with van der Waals surface area (Å²) in [6.07, 6.45) is 7.54. The maximum Gasteiger partial charge on any atom is 0.322 e. The van der Waals surface area contributed by atoms with Gasteiger partial charge in [-0.3, -0.25) is 19.9 Å². The highest BCUT2D eigenvalue weighted by atomic mass is 32.2. The molecule has 0 fully saturated rings. The second-order valence-corrected chi connectivity index (χ2v) is 11.8. The molecule has 2 atom stereocenters. The lowest BCUT2D eigenvalue weighted by molar-refractivity contribution is -0.139. The van der Waals surface area contributed by atoms with Crippen LogP contribution in [0.25, 0.3) is 17.0 Å². The molecular formula is C29H35N5O5S. The monoisotopic (exact) mass is 565 g/mol. The van der Waals surface area contributed by atoms with Gasteiger partial charge >= 0.3 is 5.97 Å². The molecule has 1 unspecified atom stereocenters. The van der Waals surface area contributed by atoms with E-state index in [9.17, 15) is 23.1 Å². The van der Waals surface area contributed by atoms with Crippen LogP contribution in [0.15, 0.2) is 39.0 Å². The van der Waals surface area contributed by atoms with Crippen LogP contribution >= 0.6 is 0 Å². The van der Waals surface area contributed by atoms with E-state index in [4.69, 9.17) is 0 Å². The number of nitrogens with zero attached hydrogens (tertiary/aromatic N) is 2. The van der Waals surface area contributed by atoms with Crippen molar-refractivity contribution in [2.24, 2.45) is 4.99 Å². The molecule has 40 heavy (non-hydrogen) atoms. The number of carbonyl (C=O) groups is 1. The molecule has 1 aromatic heterocycles. The largest absolute Gasteiger partial charge is 0.480 e. The summed E-state index contributed by atoms with van der Waals surface area (Å²) in [4.78, 5) is 36.4. The highest BCUT2D eigenvalue weighted by Gasteiger charge is 2.30. The zero-order valence-corrected chi connectivity index (χ0v) is 24.1. The number of aliphatic imine (C=N–C) groups is 1. The van der Waals surface area contributed by atoms with Gasteiger partial charge in [0.1, 0.15) is 11.9 Å². The average Bonchev–Trinajstić information content (AvgIpc) is 3.42. The van der Waals surface area contributed by atoms with Gasteiger partial charge in [-0.2, -0.15) is 4.72 Å². The van der Waals surface area contributed by atoms with Crippen molar-refractivity contribution in [3.63, 3.8) is 0 Å². The summed E-state index contributed by atoms with van der Waals surface area (Å²) in [6, 6.07) is 3.67. The summed E-state index contributed by atoms with van der Waals surface area (Å²) in [7, 11) is -4.19. The number of aromatic nitrogens is 2. The first kappa shape index (κ1) is 29.3. The van der Waals surface area contributed by atoms with E-state index in [1.165, 1.54) is 0 Å². The molecule has 0 saturated heterocycles. The van der Waals surface area contributed by atoms with Gasteiger partial charge in [-0.05, 0) is 93.0 Å². The number of hydrogen-bond donors (Lipinski definition) is 4. The lowest BCUT2D eigenvalue weighted by atomic mass is 9.95. The third-order valence-electron chi connectivity index (χ3n) is 7.61. The van der Waals surface area contributed by atoms with E-state index >= 15 is 0 Å². The fourth-order valence-electron chi connectivity index (χ4n) is 4.96. The molecule has 212 valence electrons. The molecule has 11 heteroatoms. The number of H-pyrrole nitrogens is 1. The first-order valence-electron chi connectivity index (χ1n) is 13.2. The van der Waals surface area contributed by atoms with E-state index in [1.54, 1.807) is 26.0 Å². The maximum atomic E-state index is 13.4. The number of nitrogens with one attached hydrogen (secondary N) is 3. The summed E-state index contributed by atoms with van der Waals surface area (Å²) in [5.74, 6) is -1.30. The van der Waals surface area contributed by atoms with E-state index in [-0.39, 0.29) is 23.3 Å². The normalized spacial score (nSPS) is 16.3. The molecule has 0 radical (unpaired) electrons. The molecule has 2 aromatic carbocycles. The predicted octanol–water partition coefficient (Wildman–Crippen LogP) is 3.23. The van der Waals surface area contributed by atoms with Crippen LogP contribution < -0.4 is 15.6 Å². The summed E-state index contributed by atoms with van der Waals surface area (Å²) in [6.45, 7) is 9.69. The number of aromatic amines is 1. The number of carboxylic acid groups (broad SMARTS) is 1. The van der Waals surface area contributed by atoms with Crippen LogP contribution in [-0.2, 0) is 21.2 Å². The summed E-state index contributed by atoms with van der Waals surface area (Å²) in [5.41, 5.74) is 4.58. The molecule has 4 rings (SSSR count). The minimum atomic E-state index is -4.19. The van der Waals surface area contributed by atoms with Crippen LogP contribution in [0.1, 0.15) is 52.0 Å². The van der Waals surface area contributed by atoms with Crippen molar-refractivity contribution in [1.29, 1.82) is 0 Å². The molecule has 0 aliphatic carbocycles. The standard InChI is InChI=1S/C29H35N5O5S/c1-16-17(2)19(4)27(20(5)18(16)3)40(38,39)34-24(29(36)37)15-26-32-23-11-10-21(14-22(23)28(35)33-26)8-6-12-30-25-9-7-13-31-25/h6,8,10-11,13-14,24-25,30,34H,7,9,12,15H2,1-5H3,(H,36,37)(H,32,33,35)/b8-6+/t24-,25?/m0/s1. The van der Waals surface area contributed by atoms with Crippen molar-refractivity contribution < 1.29 is 18.3 Å². The second kappa shape index (κ2) is 11.8. The Morgan fingerprint density at radius 3 is 2.42 bits per heavy atom. The van der Waals surface area contributed by atoms with Gasteiger partial charge in [-0.25, -0.2) is 13.4 Å². The summed E-state index contributed by atoms with van der Waals surface area (Å²) in [5, 5.41) is 13.5. The van der Waals surface area contributed by atoms with Crippen LogP contribution in [0.2, 0.25) is 0 Å². The van der Waals surface area contributed by atoms with Crippen LogP contribution in [0.3, 0.4) is 0 Å². The number of carboxylic acids is 1. The first-order valence-corrected chi connectivity index (χ1v) is 14.6. The Hall–Kier alpha value is -3.67. The van der Waals surface area contributed by atoms with Crippen molar-refractivity contribution >= 4 is 39.2 Å². The number of benzene rings is 2. The number of aliphatic carboxylic acids is 1. The van der Waals surface area contributed by atoms with Gasteiger partial charge in [0.2, 0.25) is 10.0 Å². The lowest BCUT2D eigenvalue weighted by Crippen LogP contribution is -2.43. The quantitative estimate of drug-likeness (QED) is 0.294.